The van der Waals surface area contributed by atoms with E-state index in [1.807, 2.05) is 0 Å². The van der Waals surface area contributed by atoms with Gasteiger partial charge in [-0.2, -0.15) is 0 Å². The molecule has 0 atom stereocenters. The molecule has 0 aromatic rings. The van der Waals surface area contributed by atoms with Crippen LogP contribution in [-0.4, -0.2) is 21.4 Å². The number of thioether (sulfide) groups is 2. The number of hydrogen-bond donors (Lipinski definition) is 0. The lowest BCUT2D eigenvalue weighted by atomic mass is 10.1. The van der Waals surface area contributed by atoms with Gasteiger partial charge in [-0.15, -0.1) is 23.5 Å². The first-order valence-electron chi connectivity index (χ1n) is 4.96. The summed E-state index contributed by atoms with van der Waals surface area (Å²) in [5.41, 5.74) is 0. The molecule has 0 unspecified atom stereocenters. The van der Waals surface area contributed by atoms with Crippen molar-refractivity contribution in [3.8, 4) is 0 Å². The molecule has 0 N–H and O–H groups in total. The van der Waals surface area contributed by atoms with Gasteiger partial charge in [0.25, 0.3) is 0 Å². The fourth-order valence-corrected chi connectivity index (χ4v) is 5.09. The first kappa shape index (κ1) is 11.4. The molecule has 13 heavy (non-hydrogen) atoms. The van der Waals surface area contributed by atoms with Gasteiger partial charge < -0.3 is 4.79 Å². The SMILES string of the molecule is CCCC1(CCC(C)=O)SCCS1. The van der Waals surface area contributed by atoms with Gasteiger partial charge in [-0.25, -0.2) is 0 Å². The minimum absolute atomic E-state index is 0.337. The minimum atomic E-state index is 0.337. The number of Topliss-reactive ketones (excluding diaryl/α,β-unsaturated/α-hetero) is 1. The lowest BCUT2D eigenvalue weighted by Crippen LogP contribution is -2.17. The van der Waals surface area contributed by atoms with Gasteiger partial charge in [-0.3, -0.25) is 0 Å². The Labute approximate surface area is 89.4 Å². The fourth-order valence-electron chi connectivity index (χ4n) is 1.66. The van der Waals surface area contributed by atoms with Crippen molar-refractivity contribution in [3.05, 3.63) is 0 Å². The van der Waals surface area contributed by atoms with Crippen molar-refractivity contribution in [1.82, 2.24) is 0 Å². The van der Waals surface area contributed by atoms with Crippen molar-refractivity contribution >= 4 is 29.3 Å². The Bertz CT molecular complexity index is 174. The molecule has 1 heterocycles. The van der Waals surface area contributed by atoms with Gasteiger partial charge >= 0.3 is 0 Å². The van der Waals surface area contributed by atoms with Crippen LogP contribution in [0, 0.1) is 0 Å². The zero-order valence-electron chi connectivity index (χ0n) is 8.47. The third-order valence-corrected chi connectivity index (χ3v) is 5.95. The van der Waals surface area contributed by atoms with Crippen LogP contribution in [0.4, 0.5) is 0 Å². The summed E-state index contributed by atoms with van der Waals surface area (Å²) in [4.78, 5) is 10.9. The van der Waals surface area contributed by atoms with E-state index in [4.69, 9.17) is 0 Å². The quantitative estimate of drug-likeness (QED) is 0.704. The largest absolute Gasteiger partial charge is 0.300 e. The average molecular weight is 218 g/mol. The van der Waals surface area contributed by atoms with Crippen LogP contribution in [0.5, 0.6) is 0 Å². The molecule has 0 spiro atoms. The maximum absolute atomic E-state index is 10.9. The zero-order chi connectivity index (χ0) is 9.73. The van der Waals surface area contributed by atoms with Crippen LogP contribution >= 0.6 is 23.5 Å². The Balaban J connectivity index is 2.41. The molecule has 0 bridgehead atoms. The zero-order valence-corrected chi connectivity index (χ0v) is 10.1. The minimum Gasteiger partial charge on any atom is -0.300 e. The third kappa shape index (κ3) is 3.55. The van der Waals surface area contributed by atoms with E-state index in [1.165, 1.54) is 24.3 Å². The van der Waals surface area contributed by atoms with Crippen LogP contribution in [0.1, 0.15) is 39.5 Å². The van der Waals surface area contributed by atoms with E-state index in [1.54, 1.807) is 6.92 Å². The van der Waals surface area contributed by atoms with Crippen molar-refractivity contribution in [2.75, 3.05) is 11.5 Å². The summed E-state index contributed by atoms with van der Waals surface area (Å²) in [5, 5.41) is 0. The van der Waals surface area contributed by atoms with Crippen molar-refractivity contribution in [3.63, 3.8) is 0 Å². The Hall–Kier alpha value is 0.370. The van der Waals surface area contributed by atoms with Crippen LogP contribution in [0.15, 0.2) is 0 Å². The molecule has 1 fully saturated rings. The predicted molar refractivity (Wildman–Crippen MR) is 62.5 cm³/mol. The monoisotopic (exact) mass is 218 g/mol. The van der Waals surface area contributed by atoms with Gasteiger partial charge in [-0.1, -0.05) is 13.3 Å². The van der Waals surface area contributed by atoms with Gasteiger partial charge in [0.1, 0.15) is 5.78 Å². The van der Waals surface area contributed by atoms with E-state index < -0.39 is 0 Å². The molecule has 1 rings (SSSR count). The Kier molecular flexibility index (Phi) is 4.67. The Morgan fingerprint density at radius 2 is 1.92 bits per heavy atom. The van der Waals surface area contributed by atoms with Crippen LogP contribution in [0.3, 0.4) is 0 Å². The number of rotatable bonds is 5. The lowest BCUT2D eigenvalue weighted by Gasteiger charge is -2.26. The van der Waals surface area contributed by atoms with Crippen molar-refractivity contribution in [2.24, 2.45) is 0 Å². The van der Waals surface area contributed by atoms with Crippen molar-refractivity contribution < 1.29 is 4.79 Å². The number of hydrogen-bond acceptors (Lipinski definition) is 3. The average Bonchev–Trinajstić information content (AvgIpc) is 2.51. The summed E-state index contributed by atoms with van der Waals surface area (Å²) < 4.78 is 0.389. The predicted octanol–water partition coefficient (Wildman–Crippen LogP) is 3.33. The second-order valence-corrected chi connectivity index (χ2v) is 6.77. The molecule has 3 heteroatoms. The molecular formula is C10H18OS2. The molecule has 0 aromatic heterocycles. The van der Waals surface area contributed by atoms with E-state index in [0.717, 1.165) is 12.8 Å². The summed E-state index contributed by atoms with van der Waals surface area (Å²) in [6.45, 7) is 3.93. The molecule has 76 valence electrons. The molecule has 0 amide bonds. The highest BCUT2D eigenvalue weighted by Crippen LogP contribution is 2.50. The van der Waals surface area contributed by atoms with Gasteiger partial charge in [0, 0.05) is 17.9 Å². The smallest absolute Gasteiger partial charge is 0.129 e. The number of carbonyl (C=O) groups is 1. The molecular weight excluding hydrogens is 200 g/mol. The molecule has 0 radical (unpaired) electrons. The molecule has 1 aliphatic heterocycles. The van der Waals surface area contributed by atoms with Gasteiger partial charge in [-0.05, 0) is 19.8 Å². The summed E-state index contributed by atoms with van der Waals surface area (Å²) >= 11 is 4.13. The maximum atomic E-state index is 10.9. The second-order valence-electron chi connectivity index (χ2n) is 3.56. The van der Waals surface area contributed by atoms with E-state index >= 15 is 0 Å². The van der Waals surface area contributed by atoms with Gasteiger partial charge in [0.15, 0.2) is 0 Å². The lowest BCUT2D eigenvalue weighted by molar-refractivity contribution is -0.117. The standard InChI is InChI=1S/C10H18OS2/c1-3-5-10(6-4-9(2)11)12-7-8-13-10/h3-8H2,1-2H3. The highest BCUT2D eigenvalue weighted by Gasteiger charge is 2.34. The molecule has 0 saturated carbocycles. The molecule has 0 aromatic carbocycles. The maximum Gasteiger partial charge on any atom is 0.129 e. The first-order valence-corrected chi connectivity index (χ1v) is 6.93. The van der Waals surface area contributed by atoms with E-state index in [0.29, 0.717) is 9.86 Å². The van der Waals surface area contributed by atoms with Gasteiger partial charge in [0.05, 0.1) is 4.08 Å². The van der Waals surface area contributed by atoms with Crippen LogP contribution in [0.2, 0.25) is 0 Å². The van der Waals surface area contributed by atoms with E-state index in [9.17, 15) is 4.79 Å². The van der Waals surface area contributed by atoms with Gasteiger partial charge in [0.2, 0.25) is 0 Å². The molecule has 1 aliphatic rings. The van der Waals surface area contributed by atoms with E-state index in [-0.39, 0.29) is 0 Å². The summed E-state index contributed by atoms with van der Waals surface area (Å²) in [7, 11) is 0. The molecule has 1 saturated heterocycles. The number of ketones is 1. The topological polar surface area (TPSA) is 17.1 Å². The fraction of sp³-hybridized carbons (Fsp3) is 0.900. The summed E-state index contributed by atoms with van der Waals surface area (Å²) in [5.74, 6) is 2.87. The van der Waals surface area contributed by atoms with Crippen LogP contribution in [0.25, 0.3) is 0 Å². The first-order chi connectivity index (χ1) is 6.18. The molecule has 0 aliphatic carbocycles. The summed E-state index contributed by atoms with van der Waals surface area (Å²) in [6.07, 6.45) is 4.33. The normalized spacial score (nSPS) is 20.5. The van der Waals surface area contributed by atoms with E-state index in [2.05, 4.69) is 30.4 Å². The summed E-state index contributed by atoms with van der Waals surface area (Å²) in [6, 6.07) is 0. The Morgan fingerprint density at radius 3 is 2.38 bits per heavy atom. The van der Waals surface area contributed by atoms with Crippen molar-refractivity contribution in [2.45, 2.75) is 43.6 Å². The third-order valence-electron chi connectivity index (χ3n) is 2.30. The van der Waals surface area contributed by atoms with Crippen LogP contribution in [-0.2, 0) is 4.79 Å². The highest BCUT2D eigenvalue weighted by atomic mass is 32.2. The molecule has 1 nitrogen and oxygen atoms in total. The van der Waals surface area contributed by atoms with Crippen LogP contribution < -0.4 is 0 Å². The van der Waals surface area contributed by atoms with Crippen molar-refractivity contribution in [1.29, 1.82) is 0 Å². The Morgan fingerprint density at radius 1 is 1.31 bits per heavy atom. The highest BCUT2D eigenvalue weighted by molar-refractivity contribution is 8.21. The number of carbonyl (C=O) groups excluding carboxylic acids is 1. The second kappa shape index (κ2) is 5.30.